The van der Waals surface area contributed by atoms with E-state index in [1.165, 1.54) is 37.9 Å². The molecule has 0 saturated carbocycles. The third-order valence-corrected chi connectivity index (χ3v) is 7.51. The van der Waals surface area contributed by atoms with Crippen molar-refractivity contribution in [3.63, 3.8) is 0 Å². The molecule has 0 spiro atoms. The molecular weight excluding hydrogens is 464 g/mol. The molecule has 1 aliphatic heterocycles. The number of ether oxygens (including phenoxy) is 2. The molecule has 2 nitrogen and oxygen atoms in total. The van der Waals surface area contributed by atoms with Gasteiger partial charge in [-0.15, -0.1) is 0 Å². The molecule has 0 N–H and O–H groups in total. The van der Waals surface area contributed by atoms with Crippen LogP contribution in [0.25, 0.3) is 54.6 Å². The SMILES string of the molecule is c1cc(-c2ccc3c4ccccc4c4ccccc4c3c2)cc(-c2cccc3c2Oc2ccccc2O3)c1. The Bertz CT molecular complexity index is 2000. The van der Waals surface area contributed by atoms with Crippen LogP contribution in [0.3, 0.4) is 0 Å². The third-order valence-electron chi connectivity index (χ3n) is 7.51. The maximum absolute atomic E-state index is 6.33. The van der Waals surface area contributed by atoms with Crippen LogP contribution in [0.15, 0.2) is 133 Å². The predicted octanol–water partition coefficient (Wildman–Crippen LogP) is 10.4. The minimum Gasteiger partial charge on any atom is -0.449 e. The minimum atomic E-state index is 0.732. The maximum Gasteiger partial charge on any atom is 0.177 e. The van der Waals surface area contributed by atoms with Gasteiger partial charge in [0.2, 0.25) is 0 Å². The Morgan fingerprint density at radius 3 is 1.58 bits per heavy atom. The van der Waals surface area contributed by atoms with E-state index >= 15 is 0 Å². The molecule has 178 valence electrons. The van der Waals surface area contributed by atoms with Crippen molar-refractivity contribution in [1.82, 2.24) is 0 Å². The summed E-state index contributed by atoms with van der Waals surface area (Å²) in [4.78, 5) is 0. The molecule has 0 bridgehead atoms. The van der Waals surface area contributed by atoms with Crippen molar-refractivity contribution < 1.29 is 9.47 Å². The van der Waals surface area contributed by atoms with Crippen LogP contribution >= 0.6 is 0 Å². The first-order valence-electron chi connectivity index (χ1n) is 12.9. The molecule has 0 atom stereocenters. The van der Waals surface area contributed by atoms with Gasteiger partial charge in [0.05, 0.1) is 0 Å². The molecule has 0 fully saturated rings. The first-order valence-corrected chi connectivity index (χ1v) is 12.9. The molecule has 0 aromatic heterocycles. The first kappa shape index (κ1) is 21.0. The number of rotatable bonds is 2. The van der Waals surface area contributed by atoms with Crippen LogP contribution in [0.4, 0.5) is 0 Å². The third kappa shape index (κ3) is 3.21. The molecule has 38 heavy (non-hydrogen) atoms. The molecule has 0 aliphatic carbocycles. The van der Waals surface area contributed by atoms with Gasteiger partial charge in [-0.2, -0.15) is 0 Å². The number of fused-ring (bicyclic) bond motifs is 8. The van der Waals surface area contributed by atoms with E-state index in [0.717, 1.165) is 39.7 Å². The molecule has 0 radical (unpaired) electrons. The van der Waals surface area contributed by atoms with Gasteiger partial charge in [-0.05, 0) is 79.3 Å². The fraction of sp³-hybridized carbons (Fsp3) is 0. The smallest absolute Gasteiger partial charge is 0.177 e. The molecule has 2 heteroatoms. The lowest BCUT2D eigenvalue weighted by molar-refractivity contribution is 0.361. The van der Waals surface area contributed by atoms with Crippen molar-refractivity contribution in [3.8, 4) is 45.3 Å². The van der Waals surface area contributed by atoms with Gasteiger partial charge >= 0.3 is 0 Å². The number of hydrogen-bond donors (Lipinski definition) is 0. The molecule has 0 unspecified atom stereocenters. The summed E-state index contributed by atoms with van der Waals surface area (Å²) in [5.74, 6) is 2.95. The lowest BCUT2D eigenvalue weighted by Crippen LogP contribution is -2.00. The Kier molecular flexibility index (Phi) is 4.55. The molecular formula is C36H22O2. The summed E-state index contributed by atoms with van der Waals surface area (Å²) in [6.07, 6.45) is 0. The zero-order valence-corrected chi connectivity index (χ0v) is 20.5. The molecule has 7 aromatic rings. The van der Waals surface area contributed by atoms with Gasteiger partial charge in [0.1, 0.15) is 0 Å². The first-order chi connectivity index (χ1) is 18.8. The lowest BCUT2D eigenvalue weighted by Gasteiger charge is -2.22. The summed E-state index contributed by atoms with van der Waals surface area (Å²) < 4.78 is 12.5. The Morgan fingerprint density at radius 1 is 0.316 bits per heavy atom. The second kappa shape index (κ2) is 8.22. The highest BCUT2D eigenvalue weighted by Gasteiger charge is 2.22. The minimum absolute atomic E-state index is 0.732. The molecule has 0 amide bonds. The van der Waals surface area contributed by atoms with Crippen LogP contribution in [0.2, 0.25) is 0 Å². The molecule has 8 rings (SSSR count). The lowest BCUT2D eigenvalue weighted by atomic mass is 9.91. The zero-order chi connectivity index (χ0) is 25.1. The average Bonchev–Trinajstić information content (AvgIpc) is 2.99. The molecule has 0 saturated heterocycles. The van der Waals surface area contributed by atoms with Crippen LogP contribution in [0, 0.1) is 0 Å². The number of benzene rings is 7. The van der Waals surface area contributed by atoms with Crippen LogP contribution in [0.5, 0.6) is 23.0 Å². The topological polar surface area (TPSA) is 18.5 Å². The summed E-state index contributed by atoms with van der Waals surface area (Å²) in [7, 11) is 0. The average molecular weight is 487 g/mol. The van der Waals surface area contributed by atoms with Crippen molar-refractivity contribution in [2.24, 2.45) is 0 Å². The summed E-state index contributed by atoms with van der Waals surface area (Å²) in [5.41, 5.74) is 4.45. The highest BCUT2D eigenvalue weighted by molar-refractivity contribution is 6.25. The Morgan fingerprint density at radius 2 is 0.842 bits per heavy atom. The van der Waals surface area contributed by atoms with Crippen molar-refractivity contribution in [3.05, 3.63) is 133 Å². The van der Waals surface area contributed by atoms with Crippen molar-refractivity contribution in [2.75, 3.05) is 0 Å². The van der Waals surface area contributed by atoms with E-state index in [9.17, 15) is 0 Å². The van der Waals surface area contributed by atoms with Crippen molar-refractivity contribution >= 4 is 32.3 Å². The molecule has 1 heterocycles. The van der Waals surface area contributed by atoms with Gasteiger partial charge in [-0.1, -0.05) is 103 Å². The van der Waals surface area contributed by atoms with E-state index in [2.05, 4.69) is 97.1 Å². The van der Waals surface area contributed by atoms with Crippen LogP contribution < -0.4 is 9.47 Å². The van der Waals surface area contributed by atoms with Crippen molar-refractivity contribution in [1.29, 1.82) is 0 Å². The van der Waals surface area contributed by atoms with E-state index in [4.69, 9.17) is 9.47 Å². The van der Waals surface area contributed by atoms with E-state index in [-0.39, 0.29) is 0 Å². The fourth-order valence-electron chi connectivity index (χ4n) is 5.73. The van der Waals surface area contributed by atoms with Crippen LogP contribution in [-0.2, 0) is 0 Å². The summed E-state index contributed by atoms with van der Waals surface area (Å²) in [6.45, 7) is 0. The van der Waals surface area contributed by atoms with E-state index in [1.807, 2.05) is 36.4 Å². The van der Waals surface area contributed by atoms with Gasteiger partial charge in [0, 0.05) is 5.56 Å². The van der Waals surface area contributed by atoms with Crippen molar-refractivity contribution in [2.45, 2.75) is 0 Å². The molecule has 1 aliphatic rings. The van der Waals surface area contributed by atoms with E-state index in [1.54, 1.807) is 0 Å². The van der Waals surface area contributed by atoms with Gasteiger partial charge in [0.25, 0.3) is 0 Å². The van der Waals surface area contributed by atoms with Gasteiger partial charge in [-0.3, -0.25) is 0 Å². The Labute approximate surface area is 220 Å². The number of hydrogen-bond acceptors (Lipinski definition) is 2. The molecule has 7 aromatic carbocycles. The van der Waals surface area contributed by atoms with E-state index < -0.39 is 0 Å². The van der Waals surface area contributed by atoms with Gasteiger partial charge in [0.15, 0.2) is 23.0 Å². The van der Waals surface area contributed by atoms with Gasteiger partial charge in [-0.25, -0.2) is 0 Å². The zero-order valence-electron chi connectivity index (χ0n) is 20.5. The standard InChI is InChI=1S/C36H22O2/c1-2-13-29-27(11-1)28-12-3-4-14-30(28)32-22-24(19-20-31(29)32)23-9-7-10-25(21-23)26-15-8-18-35-36(26)38-34-17-6-5-16-33(34)37-35/h1-22H. The van der Waals surface area contributed by atoms with E-state index in [0.29, 0.717) is 0 Å². The quantitative estimate of drug-likeness (QED) is 0.226. The predicted molar refractivity (Wildman–Crippen MR) is 156 cm³/mol. The fourth-order valence-corrected chi connectivity index (χ4v) is 5.73. The Hall–Kier alpha value is -5.08. The summed E-state index contributed by atoms with van der Waals surface area (Å²) >= 11 is 0. The summed E-state index contributed by atoms with van der Waals surface area (Å²) in [6, 6.07) is 46.8. The van der Waals surface area contributed by atoms with Crippen LogP contribution in [-0.4, -0.2) is 0 Å². The second-order valence-corrected chi connectivity index (χ2v) is 9.72. The highest BCUT2D eigenvalue weighted by atomic mass is 16.6. The monoisotopic (exact) mass is 486 g/mol. The van der Waals surface area contributed by atoms with Crippen LogP contribution in [0.1, 0.15) is 0 Å². The Balaban J connectivity index is 1.28. The number of para-hydroxylation sites is 3. The highest BCUT2D eigenvalue weighted by Crippen LogP contribution is 2.49. The maximum atomic E-state index is 6.33. The second-order valence-electron chi connectivity index (χ2n) is 9.72. The van der Waals surface area contributed by atoms with Gasteiger partial charge < -0.3 is 9.47 Å². The normalized spacial score (nSPS) is 12.1. The largest absolute Gasteiger partial charge is 0.449 e. The summed E-state index contributed by atoms with van der Waals surface area (Å²) in [5, 5.41) is 7.70.